The highest BCUT2D eigenvalue weighted by atomic mass is 35.5. The van der Waals surface area contributed by atoms with Crippen molar-refractivity contribution >= 4 is 29.2 Å². The van der Waals surface area contributed by atoms with E-state index in [1.165, 1.54) is 12.3 Å². The van der Waals surface area contributed by atoms with Crippen LogP contribution < -0.4 is 5.32 Å². The highest BCUT2D eigenvalue weighted by Crippen LogP contribution is 2.18. The summed E-state index contributed by atoms with van der Waals surface area (Å²) in [6, 6.07) is 8.85. The topological polar surface area (TPSA) is 68.3 Å². The number of amides is 1. The van der Waals surface area contributed by atoms with E-state index < -0.39 is 12.1 Å². The third-order valence-electron chi connectivity index (χ3n) is 3.54. The van der Waals surface area contributed by atoms with E-state index in [4.69, 9.17) is 16.3 Å². The second-order valence-corrected chi connectivity index (χ2v) is 5.81. The van der Waals surface area contributed by atoms with Crippen LogP contribution in [0.1, 0.15) is 34.8 Å². The molecule has 6 heteroatoms. The number of pyridine rings is 1. The van der Waals surface area contributed by atoms with Crippen LogP contribution in [-0.4, -0.2) is 23.0 Å². The molecule has 1 heterocycles. The van der Waals surface area contributed by atoms with Gasteiger partial charge in [-0.1, -0.05) is 30.7 Å². The van der Waals surface area contributed by atoms with Gasteiger partial charge in [0.05, 0.1) is 5.56 Å². The van der Waals surface area contributed by atoms with Gasteiger partial charge >= 0.3 is 5.97 Å². The fourth-order valence-electron chi connectivity index (χ4n) is 2.14. The quantitative estimate of drug-likeness (QED) is 0.658. The average Bonchev–Trinajstić information content (AvgIpc) is 2.56. The first-order valence-corrected chi connectivity index (χ1v) is 7.99. The molecule has 0 aliphatic rings. The zero-order chi connectivity index (χ0) is 17.7. The highest BCUT2D eigenvalue weighted by molar-refractivity contribution is 6.32. The fourth-order valence-corrected chi connectivity index (χ4v) is 2.33. The second-order valence-electron chi connectivity index (χ2n) is 5.45. The fraction of sp³-hybridized carbons (Fsp3) is 0.278. The monoisotopic (exact) mass is 346 g/mol. The smallest absolute Gasteiger partial charge is 0.342 e. The van der Waals surface area contributed by atoms with Crippen molar-refractivity contribution in [2.24, 2.45) is 0 Å². The van der Waals surface area contributed by atoms with Crippen molar-refractivity contribution in [3.8, 4) is 0 Å². The summed E-state index contributed by atoms with van der Waals surface area (Å²) in [6.45, 7) is 5.61. The summed E-state index contributed by atoms with van der Waals surface area (Å²) in [5.74, 6) is -1.05. The summed E-state index contributed by atoms with van der Waals surface area (Å²) in [4.78, 5) is 28.4. The van der Waals surface area contributed by atoms with Crippen molar-refractivity contribution in [1.29, 1.82) is 0 Å². The van der Waals surface area contributed by atoms with Crippen molar-refractivity contribution in [3.05, 3.63) is 58.4 Å². The predicted molar refractivity (Wildman–Crippen MR) is 93.3 cm³/mol. The Hall–Kier alpha value is -2.40. The minimum absolute atomic E-state index is 0.0484. The molecule has 1 aromatic carbocycles. The minimum atomic E-state index is -0.909. The highest BCUT2D eigenvalue weighted by Gasteiger charge is 2.23. The molecule has 0 radical (unpaired) electrons. The maximum absolute atomic E-state index is 12.4. The number of hydrogen-bond acceptors (Lipinski definition) is 4. The molecule has 0 aliphatic heterocycles. The Morgan fingerprint density at radius 3 is 2.71 bits per heavy atom. The van der Waals surface area contributed by atoms with Crippen LogP contribution in [0, 0.1) is 13.8 Å². The van der Waals surface area contributed by atoms with Crippen LogP contribution in [0.4, 0.5) is 5.69 Å². The van der Waals surface area contributed by atoms with Crippen molar-refractivity contribution in [2.75, 3.05) is 5.32 Å². The summed E-state index contributed by atoms with van der Waals surface area (Å²) in [6.07, 6.45) is 0.915. The van der Waals surface area contributed by atoms with Crippen LogP contribution in [0.3, 0.4) is 0 Å². The molecule has 0 saturated carbocycles. The van der Waals surface area contributed by atoms with Gasteiger partial charge in [-0.05, 0) is 49.6 Å². The van der Waals surface area contributed by atoms with E-state index in [0.717, 1.165) is 11.1 Å². The summed E-state index contributed by atoms with van der Waals surface area (Å²) >= 11 is 5.88. The van der Waals surface area contributed by atoms with Gasteiger partial charge in [-0.3, -0.25) is 4.79 Å². The van der Waals surface area contributed by atoms with Gasteiger partial charge in [0, 0.05) is 11.9 Å². The molecule has 2 rings (SSSR count). The van der Waals surface area contributed by atoms with Crippen molar-refractivity contribution in [3.63, 3.8) is 0 Å². The lowest BCUT2D eigenvalue weighted by Gasteiger charge is -2.17. The lowest BCUT2D eigenvalue weighted by molar-refractivity contribution is -0.124. The number of halogens is 1. The van der Waals surface area contributed by atoms with E-state index in [9.17, 15) is 9.59 Å². The molecule has 126 valence electrons. The van der Waals surface area contributed by atoms with Gasteiger partial charge in [0.25, 0.3) is 5.91 Å². The van der Waals surface area contributed by atoms with E-state index in [2.05, 4.69) is 10.3 Å². The van der Waals surface area contributed by atoms with Crippen LogP contribution >= 0.6 is 11.6 Å². The molecule has 1 aromatic heterocycles. The van der Waals surface area contributed by atoms with Crippen LogP contribution in [0.25, 0.3) is 0 Å². The summed E-state index contributed by atoms with van der Waals surface area (Å²) in [5.41, 5.74) is 2.81. The molecule has 0 aliphatic carbocycles. The molecule has 0 fully saturated rings. The van der Waals surface area contributed by atoms with Crippen molar-refractivity contribution in [1.82, 2.24) is 4.98 Å². The van der Waals surface area contributed by atoms with E-state index in [1.54, 1.807) is 13.0 Å². The first kappa shape index (κ1) is 17.9. The van der Waals surface area contributed by atoms with Crippen molar-refractivity contribution in [2.45, 2.75) is 33.3 Å². The number of anilines is 1. The minimum Gasteiger partial charge on any atom is -0.449 e. The third-order valence-corrected chi connectivity index (χ3v) is 3.84. The Morgan fingerprint density at radius 2 is 2.04 bits per heavy atom. The number of rotatable bonds is 5. The number of aryl methyl sites for hydroxylation is 2. The molecule has 2 aromatic rings. The van der Waals surface area contributed by atoms with E-state index in [0.29, 0.717) is 12.1 Å². The summed E-state index contributed by atoms with van der Waals surface area (Å²) in [7, 11) is 0. The third kappa shape index (κ3) is 4.32. The van der Waals surface area contributed by atoms with Crippen molar-refractivity contribution < 1.29 is 14.3 Å². The van der Waals surface area contributed by atoms with Crippen LogP contribution in [0.2, 0.25) is 5.15 Å². The standard InChI is InChI=1S/C18H19ClN2O3/c1-4-15(24-18(23)13-6-5-9-20-16(13)19)17(22)21-14-10-11(2)7-8-12(14)3/h5-10,15H,4H2,1-3H3,(H,21,22). The number of carbonyl (C=O) groups excluding carboxylic acids is 2. The van der Waals surface area contributed by atoms with Gasteiger partial charge in [0.15, 0.2) is 6.10 Å². The van der Waals surface area contributed by atoms with Gasteiger partial charge < -0.3 is 10.1 Å². The second kappa shape index (κ2) is 7.93. The zero-order valence-electron chi connectivity index (χ0n) is 13.8. The number of benzene rings is 1. The number of ether oxygens (including phenoxy) is 1. The Balaban J connectivity index is 2.10. The molecular formula is C18H19ClN2O3. The molecule has 24 heavy (non-hydrogen) atoms. The maximum Gasteiger partial charge on any atom is 0.342 e. The number of nitrogens with one attached hydrogen (secondary N) is 1. The van der Waals surface area contributed by atoms with Gasteiger partial charge in [-0.15, -0.1) is 0 Å². The number of aromatic nitrogens is 1. The Labute approximate surface area is 146 Å². The lowest BCUT2D eigenvalue weighted by Crippen LogP contribution is -2.32. The lowest BCUT2D eigenvalue weighted by atomic mass is 10.1. The summed E-state index contributed by atoms with van der Waals surface area (Å²) in [5, 5.41) is 2.86. The molecule has 0 spiro atoms. The molecule has 0 bridgehead atoms. The van der Waals surface area contributed by atoms with Gasteiger partial charge in [0.1, 0.15) is 5.15 Å². The van der Waals surface area contributed by atoms with Crippen LogP contribution in [0.5, 0.6) is 0 Å². The van der Waals surface area contributed by atoms with E-state index in [1.807, 2.05) is 32.0 Å². The Kier molecular flexibility index (Phi) is 5.93. The SMILES string of the molecule is CCC(OC(=O)c1cccnc1Cl)C(=O)Nc1cc(C)ccc1C. The molecule has 1 amide bonds. The van der Waals surface area contributed by atoms with Crippen LogP contribution in [-0.2, 0) is 9.53 Å². The first-order valence-electron chi connectivity index (χ1n) is 7.62. The number of carbonyl (C=O) groups is 2. The zero-order valence-corrected chi connectivity index (χ0v) is 14.6. The van der Waals surface area contributed by atoms with Gasteiger partial charge in [0.2, 0.25) is 0 Å². The Morgan fingerprint density at radius 1 is 1.29 bits per heavy atom. The number of esters is 1. The van der Waals surface area contributed by atoms with E-state index >= 15 is 0 Å². The molecule has 5 nitrogen and oxygen atoms in total. The normalized spacial score (nSPS) is 11.7. The maximum atomic E-state index is 12.4. The predicted octanol–water partition coefficient (Wildman–Crippen LogP) is 3.93. The number of nitrogens with zero attached hydrogens (tertiary/aromatic N) is 1. The average molecular weight is 347 g/mol. The Bertz CT molecular complexity index is 762. The molecule has 1 atom stereocenters. The van der Waals surface area contributed by atoms with Crippen LogP contribution in [0.15, 0.2) is 36.5 Å². The molecule has 0 saturated heterocycles. The molecular weight excluding hydrogens is 328 g/mol. The first-order chi connectivity index (χ1) is 11.4. The molecule has 1 unspecified atom stereocenters. The number of hydrogen-bond donors (Lipinski definition) is 1. The summed E-state index contributed by atoms with van der Waals surface area (Å²) < 4.78 is 5.30. The van der Waals surface area contributed by atoms with E-state index in [-0.39, 0.29) is 16.6 Å². The van der Waals surface area contributed by atoms with Gasteiger partial charge in [-0.2, -0.15) is 0 Å². The largest absolute Gasteiger partial charge is 0.449 e. The van der Waals surface area contributed by atoms with Gasteiger partial charge in [-0.25, -0.2) is 9.78 Å². The molecule has 1 N–H and O–H groups in total.